The Morgan fingerprint density at radius 3 is 1.71 bits per heavy atom. The van der Waals surface area contributed by atoms with Gasteiger partial charge in [-0.2, -0.15) is 0 Å². The van der Waals surface area contributed by atoms with Crippen molar-refractivity contribution in [3.05, 3.63) is 19.2 Å². The van der Waals surface area contributed by atoms with Crippen LogP contribution in [-0.2, 0) is 0 Å². The van der Waals surface area contributed by atoms with E-state index in [4.69, 9.17) is 0 Å². The first kappa shape index (κ1) is 5.44. The summed E-state index contributed by atoms with van der Waals surface area (Å²) >= 11 is -0.106. The molecule has 38 valence electrons. The summed E-state index contributed by atoms with van der Waals surface area (Å²) in [6, 6.07) is 0. The van der Waals surface area contributed by atoms with Crippen LogP contribution < -0.4 is 0 Å². The van der Waals surface area contributed by atoms with E-state index < -0.39 is 0 Å². The van der Waals surface area contributed by atoms with E-state index in [2.05, 4.69) is 21.9 Å². The summed E-state index contributed by atoms with van der Waals surface area (Å²) in [4.78, 5) is 0. The second kappa shape index (κ2) is 2.04. The van der Waals surface area contributed by atoms with Crippen molar-refractivity contribution >= 4 is 21.6 Å². The van der Waals surface area contributed by atoms with Crippen LogP contribution in [0.4, 0.5) is 0 Å². The molecular formula is C6H9Sb. The molecule has 7 heavy (non-hydrogen) atoms. The van der Waals surface area contributed by atoms with Crippen molar-refractivity contribution in [2.75, 3.05) is 0 Å². The second-order valence-corrected chi connectivity index (χ2v) is 4.42. The predicted octanol–water partition coefficient (Wildman–Crippen LogP) is 1.24. The van der Waals surface area contributed by atoms with Crippen molar-refractivity contribution in [2.45, 2.75) is 13.8 Å². The molecule has 0 atom stereocenters. The minimum absolute atomic E-state index is 0.106. The van der Waals surface area contributed by atoms with E-state index in [-0.39, 0.29) is 21.6 Å². The Morgan fingerprint density at radius 2 is 1.57 bits per heavy atom. The number of hydrogen-bond donors (Lipinski definition) is 0. The fraction of sp³-hybridized carbons (Fsp3) is 0.333. The third-order valence-corrected chi connectivity index (χ3v) is 4.64. The summed E-state index contributed by atoms with van der Waals surface area (Å²) in [7, 11) is 0. The topological polar surface area (TPSA) is 0 Å². The van der Waals surface area contributed by atoms with Crippen LogP contribution in [0.15, 0.2) is 19.2 Å². The van der Waals surface area contributed by atoms with Gasteiger partial charge in [0.25, 0.3) is 0 Å². The van der Waals surface area contributed by atoms with Crippen LogP contribution in [0.2, 0.25) is 0 Å². The van der Waals surface area contributed by atoms with E-state index in [1.807, 2.05) is 0 Å². The molecule has 0 aromatic rings. The number of hydrogen-bond acceptors (Lipinski definition) is 0. The molecular weight excluding hydrogens is 194 g/mol. The molecule has 0 aromatic heterocycles. The van der Waals surface area contributed by atoms with Crippen molar-refractivity contribution in [1.82, 2.24) is 0 Å². The van der Waals surface area contributed by atoms with Crippen LogP contribution in [0.1, 0.15) is 13.8 Å². The van der Waals surface area contributed by atoms with Gasteiger partial charge in [-0.05, 0) is 0 Å². The van der Waals surface area contributed by atoms with Crippen molar-refractivity contribution in [2.24, 2.45) is 0 Å². The van der Waals surface area contributed by atoms with Gasteiger partial charge in [0.1, 0.15) is 0 Å². The zero-order chi connectivity index (χ0) is 5.28. The van der Waals surface area contributed by atoms with E-state index in [0.717, 1.165) is 0 Å². The minimum atomic E-state index is -0.106. The van der Waals surface area contributed by atoms with Crippen molar-refractivity contribution in [3.8, 4) is 0 Å². The molecule has 0 bridgehead atoms. The summed E-state index contributed by atoms with van der Waals surface area (Å²) in [5.74, 6) is 0. The van der Waals surface area contributed by atoms with Gasteiger partial charge < -0.3 is 0 Å². The molecule has 0 aliphatic carbocycles. The zero-order valence-electron chi connectivity index (χ0n) is 4.65. The van der Waals surface area contributed by atoms with E-state index in [1.54, 1.807) is 0 Å². The van der Waals surface area contributed by atoms with Gasteiger partial charge in [0, 0.05) is 0 Å². The molecule has 0 saturated heterocycles. The standard InChI is InChI=1S/C6H8.Sb.H/c1-5(2)6(3)4;;/h1,3H,2,4H3;;. The molecule has 1 heteroatoms. The maximum absolute atomic E-state index is 2.42. The van der Waals surface area contributed by atoms with Gasteiger partial charge in [-0.3, -0.25) is 0 Å². The molecule has 0 nitrogen and oxygen atoms in total. The molecule has 1 rings (SSSR count). The Balaban J connectivity index is 2.78. The molecule has 0 unspecified atom stereocenters. The van der Waals surface area contributed by atoms with Crippen molar-refractivity contribution in [3.63, 3.8) is 0 Å². The summed E-state index contributed by atoms with van der Waals surface area (Å²) in [6.45, 7) is 4.39. The first-order chi connectivity index (χ1) is 3.30. The molecule has 0 saturated carbocycles. The molecule has 0 fully saturated rings. The molecule has 1 aliphatic heterocycles. The predicted molar refractivity (Wildman–Crippen MR) is 34.7 cm³/mol. The number of allylic oxidation sites excluding steroid dienone is 2. The Hall–Kier alpha value is 0.298. The van der Waals surface area contributed by atoms with Crippen LogP contribution in [-0.4, -0.2) is 21.6 Å². The van der Waals surface area contributed by atoms with Crippen molar-refractivity contribution in [1.29, 1.82) is 0 Å². The third kappa shape index (κ3) is 1.10. The molecule has 0 spiro atoms. The Morgan fingerprint density at radius 1 is 1.14 bits per heavy atom. The van der Waals surface area contributed by atoms with Gasteiger partial charge >= 0.3 is 54.7 Å². The SMILES string of the molecule is CC1=[CH][SbH][CH]=C1C. The average molecular weight is 203 g/mol. The average Bonchev–Trinajstić information content (AvgIpc) is 1.91. The number of rotatable bonds is 0. The van der Waals surface area contributed by atoms with Crippen molar-refractivity contribution < 1.29 is 0 Å². The summed E-state index contributed by atoms with van der Waals surface area (Å²) in [6.07, 6.45) is 0. The van der Waals surface area contributed by atoms with Gasteiger partial charge in [-0.15, -0.1) is 0 Å². The van der Waals surface area contributed by atoms with Crippen LogP contribution >= 0.6 is 0 Å². The van der Waals surface area contributed by atoms with Gasteiger partial charge in [0.15, 0.2) is 0 Å². The molecule has 0 aromatic carbocycles. The van der Waals surface area contributed by atoms with Gasteiger partial charge in [-0.25, -0.2) is 0 Å². The third-order valence-electron chi connectivity index (χ3n) is 1.22. The molecule has 1 aliphatic rings. The second-order valence-electron chi connectivity index (χ2n) is 1.82. The Kier molecular flexibility index (Phi) is 1.59. The molecule has 1 heterocycles. The fourth-order valence-electron chi connectivity index (χ4n) is 0.519. The first-order valence-electron chi connectivity index (χ1n) is 2.40. The molecule has 0 N–H and O–H groups in total. The summed E-state index contributed by atoms with van der Waals surface area (Å²) in [5.41, 5.74) is 3.04. The van der Waals surface area contributed by atoms with E-state index in [1.165, 1.54) is 11.1 Å². The zero-order valence-corrected chi connectivity index (χ0v) is 7.51. The molecule has 0 amide bonds. The summed E-state index contributed by atoms with van der Waals surface area (Å²) in [5, 5.41) is 0. The quantitative estimate of drug-likeness (QED) is 0.519. The maximum atomic E-state index is 2.42. The monoisotopic (exact) mass is 202 g/mol. The van der Waals surface area contributed by atoms with Crippen LogP contribution in [0, 0.1) is 0 Å². The Labute approximate surface area is 54.8 Å². The van der Waals surface area contributed by atoms with Gasteiger partial charge in [0.2, 0.25) is 0 Å². The van der Waals surface area contributed by atoms with Gasteiger partial charge in [-0.1, -0.05) is 0 Å². The molecule has 0 radical (unpaired) electrons. The first-order valence-corrected chi connectivity index (χ1v) is 5.70. The normalized spacial score (nSPS) is 19.1. The fourth-order valence-corrected chi connectivity index (χ4v) is 3.48. The summed E-state index contributed by atoms with van der Waals surface area (Å²) < 4.78 is 4.83. The Bertz CT molecular complexity index is 115. The van der Waals surface area contributed by atoms with E-state index in [9.17, 15) is 0 Å². The van der Waals surface area contributed by atoms with Crippen LogP contribution in [0.5, 0.6) is 0 Å². The van der Waals surface area contributed by atoms with Crippen LogP contribution in [0.25, 0.3) is 0 Å². The van der Waals surface area contributed by atoms with E-state index >= 15 is 0 Å². The van der Waals surface area contributed by atoms with E-state index in [0.29, 0.717) is 0 Å². The van der Waals surface area contributed by atoms with Crippen LogP contribution in [0.3, 0.4) is 0 Å². The van der Waals surface area contributed by atoms with Gasteiger partial charge in [0.05, 0.1) is 0 Å².